The molecule has 1 heterocycles. The number of hydrogen-bond donors (Lipinski definition) is 1. The summed E-state index contributed by atoms with van der Waals surface area (Å²) < 4.78 is 1.91. The lowest BCUT2D eigenvalue weighted by atomic mass is 10.1. The summed E-state index contributed by atoms with van der Waals surface area (Å²) in [5, 5.41) is 8.59. The van der Waals surface area contributed by atoms with Gasteiger partial charge in [-0.2, -0.15) is 5.10 Å². The number of hydrogen-bond acceptors (Lipinski definition) is 2. The van der Waals surface area contributed by atoms with Crippen LogP contribution in [0.25, 0.3) is 0 Å². The maximum Gasteiger partial charge on any atom is 0.0646 e. The van der Waals surface area contributed by atoms with Gasteiger partial charge in [0.1, 0.15) is 0 Å². The first-order valence-corrected chi connectivity index (χ1v) is 6.36. The molecule has 18 heavy (non-hydrogen) atoms. The monoisotopic (exact) mass is 263 g/mol. The van der Waals surface area contributed by atoms with E-state index in [-0.39, 0.29) is 0 Å². The number of halogens is 1. The predicted molar refractivity (Wildman–Crippen MR) is 76.2 cm³/mol. The second kappa shape index (κ2) is 5.02. The number of nitrogens with one attached hydrogen (secondary N) is 1. The fourth-order valence-electron chi connectivity index (χ4n) is 2.04. The first kappa shape index (κ1) is 13.0. The van der Waals surface area contributed by atoms with E-state index in [1.54, 1.807) is 0 Å². The Labute approximate surface area is 113 Å². The lowest BCUT2D eigenvalue weighted by Crippen LogP contribution is -2.03. The van der Waals surface area contributed by atoms with Gasteiger partial charge in [0, 0.05) is 35.6 Å². The third kappa shape index (κ3) is 2.51. The topological polar surface area (TPSA) is 29.9 Å². The van der Waals surface area contributed by atoms with Gasteiger partial charge in [-0.1, -0.05) is 17.7 Å². The Morgan fingerprint density at radius 2 is 2.00 bits per heavy atom. The standard InChI is InChI=1S/C14H18ClN3/c1-9-5-6-12(15)7-14(9)16-8-13-10(2)17-18(4)11(13)3/h5-7,16H,8H2,1-4H3. The third-order valence-corrected chi connectivity index (χ3v) is 3.55. The molecule has 0 unspecified atom stereocenters. The molecule has 1 aromatic heterocycles. The molecular weight excluding hydrogens is 246 g/mol. The van der Waals surface area contributed by atoms with Crippen LogP contribution >= 0.6 is 11.6 Å². The molecule has 0 amide bonds. The molecule has 96 valence electrons. The molecule has 0 fully saturated rings. The normalized spacial score (nSPS) is 10.7. The summed E-state index contributed by atoms with van der Waals surface area (Å²) in [6, 6.07) is 5.88. The minimum atomic E-state index is 0.753. The highest BCUT2D eigenvalue weighted by atomic mass is 35.5. The van der Waals surface area contributed by atoms with Crippen LogP contribution in [0.1, 0.15) is 22.5 Å². The molecule has 1 N–H and O–H groups in total. The largest absolute Gasteiger partial charge is 0.381 e. The van der Waals surface area contributed by atoms with Gasteiger partial charge in [-0.25, -0.2) is 0 Å². The van der Waals surface area contributed by atoms with Gasteiger partial charge in [0.25, 0.3) is 0 Å². The predicted octanol–water partition coefficient (Wildman–Crippen LogP) is 3.61. The molecule has 2 rings (SSSR count). The van der Waals surface area contributed by atoms with E-state index in [0.717, 1.165) is 22.9 Å². The molecule has 0 saturated heterocycles. The number of nitrogens with zero attached hydrogens (tertiary/aromatic N) is 2. The van der Waals surface area contributed by atoms with Gasteiger partial charge >= 0.3 is 0 Å². The van der Waals surface area contributed by atoms with E-state index in [1.165, 1.54) is 16.8 Å². The van der Waals surface area contributed by atoms with Gasteiger partial charge in [0.05, 0.1) is 5.69 Å². The quantitative estimate of drug-likeness (QED) is 0.917. The Morgan fingerprint density at radius 1 is 1.28 bits per heavy atom. The van der Waals surface area contributed by atoms with E-state index < -0.39 is 0 Å². The fraction of sp³-hybridized carbons (Fsp3) is 0.357. The number of aryl methyl sites for hydroxylation is 3. The summed E-state index contributed by atoms with van der Waals surface area (Å²) in [7, 11) is 1.97. The van der Waals surface area contributed by atoms with Crippen molar-refractivity contribution in [3.05, 3.63) is 45.7 Å². The summed E-state index contributed by atoms with van der Waals surface area (Å²) in [4.78, 5) is 0. The van der Waals surface area contributed by atoms with Crippen LogP contribution in [-0.2, 0) is 13.6 Å². The van der Waals surface area contributed by atoms with Crippen molar-refractivity contribution in [3.8, 4) is 0 Å². The molecule has 0 atom stereocenters. The lowest BCUT2D eigenvalue weighted by molar-refractivity contribution is 0.730. The van der Waals surface area contributed by atoms with Crippen molar-refractivity contribution in [2.75, 3.05) is 5.32 Å². The summed E-state index contributed by atoms with van der Waals surface area (Å²) in [6.45, 7) is 6.96. The average Bonchev–Trinajstić information content (AvgIpc) is 2.55. The molecule has 3 nitrogen and oxygen atoms in total. The Balaban J connectivity index is 2.19. The first-order chi connectivity index (χ1) is 8.49. The van der Waals surface area contributed by atoms with Crippen LogP contribution in [-0.4, -0.2) is 9.78 Å². The smallest absolute Gasteiger partial charge is 0.0646 e. The van der Waals surface area contributed by atoms with Crippen LogP contribution in [0.5, 0.6) is 0 Å². The van der Waals surface area contributed by atoms with Crippen molar-refractivity contribution in [1.82, 2.24) is 9.78 Å². The van der Waals surface area contributed by atoms with Crippen LogP contribution < -0.4 is 5.32 Å². The summed E-state index contributed by atoms with van der Waals surface area (Å²) >= 11 is 6.01. The molecule has 0 saturated carbocycles. The van der Waals surface area contributed by atoms with Crippen LogP contribution in [0.3, 0.4) is 0 Å². The van der Waals surface area contributed by atoms with E-state index in [0.29, 0.717) is 0 Å². The molecule has 4 heteroatoms. The van der Waals surface area contributed by atoms with Crippen molar-refractivity contribution in [1.29, 1.82) is 0 Å². The Morgan fingerprint density at radius 3 is 2.61 bits per heavy atom. The van der Waals surface area contributed by atoms with Gasteiger partial charge in [0.2, 0.25) is 0 Å². The molecule has 2 aromatic rings. The van der Waals surface area contributed by atoms with E-state index in [2.05, 4.69) is 24.3 Å². The Hall–Kier alpha value is -1.48. The molecule has 0 spiro atoms. The number of aromatic nitrogens is 2. The second-order valence-electron chi connectivity index (χ2n) is 4.59. The van der Waals surface area contributed by atoms with Gasteiger partial charge < -0.3 is 5.32 Å². The highest BCUT2D eigenvalue weighted by Crippen LogP contribution is 2.22. The second-order valence-corrected chi connectivity index (χ2v) is 5.02. The Kier molecular flexibility index (Phi) is 3.62. The maximum atomic E-state index is 6.01. The van der Waals surface area contributed by atoms with Crippen molar-refractivity contribution in [2.45, 2.75) is 27.3 Å². The minimum absolute atomic E-state index is 0.753. The number of benzene rings is 1. The molecule has 0 radical (unpaired) electrons. The third-order valence-electron chi connectivity index (χ3n) is 3.31. The van der Waals surface area contributed by atoms with Crippen LogP contribution in [0.2, 0.25) is 5.02 Å². The van der Waals surface area contributed by atoms with Crippen molar-refractivity contribution in [3.63, 3.8) is 0 Å². The molecular formula is C14H18ClN3. The lowest BCUT2D eigenvalue weighted by Gasteiger charge is -2.10. The zero-order valence-electron chi connectivity index (χ0n) is 11.2. The molecule has 0 aliphatic carbocycles. The molecule has 0 aliphatic rings. The van der Waals surface area contributed by atoms with Gasteiger partial charge in [-0.3, -0.25) is 4.68 Å². The maximum absolute atomic E-state index is 6.01. The number of anilines is 1. The minimum Gasteiger partial charge on any atom is -0.381 e. The van der Waals surface area contributed by atoms with E-state index >= 15 is 0 Å². The van der Waals surface area contributed by atoms with Crippen molar-refractivity contribution in [2.24, 2.45) is 7.05 Å². The zero-order valence-corrected chi connectivity index (χ0v) is 12.0. The highest BCUT2D eigenvalue weighted by Gasteiger charge is 2.09. The summed E-state index contributed by atoms with van der Waals surface area (Å²) in [6.07, 6.45) is 0. The zero-order chi connectivity index (χ0) is 13.3. The van der Waals surface area contributed by atoms with Crippen LogP contribution in [0, 0.1) is 20.8 Å². The van der Waals surface area contributed by atoms with E-state index in [9.17, 15) is 0 Å². The van der Waals surface area contributed by atoms with Gasteiger partial charge in [0.15, 0.2) is 0 Å². The highest BCUT2D eigenvalue weighted by molar-refractivity contribution is 6.30. The van der Waals surface area contributed by atoms with Crippen LogP contribution in [0.15, 0.2) is 18.2 Å². The molecule has 1 aromatic carbocycles. The van der Waals surface area contributed by atoms with Crippen LogP contribution in [0.4, 0.5) is 5.69 Å². The average molecular weight is 264 g/mol. The fourth-order valence-corrected chi connectivity index (χ4v) is 2.21. The first-order valence-electron chi connectivity index (χ1n) is 5.98. The molecule has 0 bridgehead atoms. The molecule has 0 aliphatic heterocycles. The SMILES string of the molecule is Cc1ccc(Cl)cc1NCc1c(C)nn(C)c1C. The Bertz CT molecular complexity index is 573. The number of rotatable bonds is 3. The summed E-state index contributed by atoms with van der Waals surface area (Å²) in [5.41, 5.74) is 5.78. The van der Waals surface area contributed by atoms with Crippen molar-refractivity contribution < 1.29 is 0 Å². The van der Waals surface area contributed by atoms with E-state index in [4.69, 9.17) is 11.6 Å². The van der Waals surface area contributed by atoms with Gasteiger partial charge in [-0.15, -0.1) is 0 Å². The summed E-state index contributed by atoms with van der Waals surface area (Å²) in [5.74, 6) is 0. The van der Waals surface area contributed by atoms with E-state index in [1.807, 2.05) is 36.9 Å². The van der Waals surface area contributed by atoms with Crippen molar-refractivity contribution >= 4 is 17.3 Å². The van der Waals surface area contributed by atoms with Gasteiger partial charge in [-0.05, 0) is 38.5 Å².